The van der Waals surface area contributed by atoms with Gasteiger partial charge in [-0.25, -0.2) is 18.5 Å². The van der Waals surface area contributed by atoms with Gasteiger partial charge >= 0.3 is 0 Å². The van der Waals surface area contributed by atoms with Crippen LogP contribution in [0.1, 0.15) is 0 Å². The molecule has 9 heteroatoms. The lowest BCUT2D eigenvalue weighted by Gasteiger charge is -2.07. The van der Waals surface area contributed by atoms with E-state index in [9.17, 15) is 8.42 Å². The summed E-state index contributed by atoms with van der Waals surface area (Å²) in [6, 6.07) is 12.0. The number of aromatic nitrogens is 1. The maximum Gasteiger partial charge on any atom is 0.239 e. The standard InChI is InChI=1S/C16H13Cl2N3O2S2/c1-21-14(10-6-7-12(18)15(8-10)25(19,22)23)9-24-16(21)20-13-5-3-2-4-11(13)17/h2-9H,1H3,(H2,19,22,23). The van der Waals surface area contributed by atoms with Gasteiger partial charge in [0.25, 0.3) is 0 Å². The van der Waals surface area contributed by atoms with Gasteiger partial charge in [-0.2, -0.15) is 0 Å². The lowest BCUT2D eigenvalue weighted by molar-refractivity contribution is 0.598. The fourth-order valence-corrected chi connectivity index (χ4v) is 4.43. The lowest BCUT2D eigenvalue weighted by atomic mass is 10.2. The molecule has 0 aliphatic carbocycles. The van der Waals surface area contributed by atoms with Gasteiger partial charge < -0.3 is 4.57 Å². The summed E-state index contributed by atoms with van der Waals surface area (Å²) < 4.78 is 25.2. The van der Waals surface area contributed by atoms with Crippen molar-refractivity contribution in [2.75, 3.05) is 0 Å². The third-order valence-corrected chi connectivity index (χ3v) is 6.16. The number of sulfonamides is 1. The van der Waals surface area contributed by atoms with Gasteiger partial charge in [-0.1, -0.05) is 41.4 Å². The third kappa shape index (κ3) is 3.80. The van der Waals surface area contributed by atoms with Crippen LogP contribution in [0.5, 0.6) is 0 Å². The van der Waals surface area contributed by atoms with Crippen molar-refractivity contribution in [2.45, 2.75) is 4.90 Å². The van der Waals surface area contributed by atoms with E-state index in [4.69, 9.17) is 28.3 Å². The molecule has 2 N–H and O–H groups in total. The number of para-hydroxylation sites is 1. The molecule has 3 aromatic rings. The third-order valence-electron chi connectivity index (χ3n) is 3.53. The van der Waals surface area contributed by atoms with Crippen molar-refractivity contribution in [3.05, 3.63) is 62.7 Å². The van der Waals surface area contributed by atoms with Crippen molar-refractivity contribution >= 4 is 50.2 Å². The zero-order valence-electron chi connectivity index (χ0n) is 13.0. The molecule has 130 valence electrons. The average molecular weight is 414 g/mol. The van der Waals surface area contributed by atoms with E-state index in [1.54, 1.807) is 12.1 Å². The van der Waals surface area contributed by atoms with E-state index in [1.165, 1.54) is 23.5 Å². The summed E-state index contributed by atoms with van der Waals surface area (Å²) in [5, 5.41) is 7.74. The quantitative estimate of drug-likeness (QED) is 0.705. The van der Waals surface area contributed by atoms with Crippen LogP contribution in [0.3, 0.4) is 0 Å². The van der Waals surface area contributed by atoms with Crippen LogP contribution in [-0.2, 0) is 17.1 Å². The Morgan fingerprint density at radius 3 is 2.52 bits per heavy atom. The zero-order chi connectivity index (χ0) is 18.2. The largest absolute Gasteiger partial charge is 0.320 e. The van der Waals surface area contributed by atoms with Crippen LogP contribution in [0, 0.1) is 0 Å². The number of primary sulfonamides is 1. The fraction of sp³-hybridized carbons (Fsp3) is 0.0625. The lowest BCUT2D eigenvalue weighted by Crippen LogP contribution is -2.13. The Morgan fingerprint density at radius 1 is 1.12 bits per heavy atom. The highest BCUT2D eigenvalue weighted by molar-refractivity contribution is 7.89. The summed E-state index contributed by atoms with van der Waals surface area (Å²) in [5.41, 5.74) is 2.12. The number of hydrogen-bond acceptors (Lipinski definition) is 4. The minimum absolute atomic E-state index is 0.0881. The van der Waals surface area contributed by atoms with E-state index >= 15 is 0 Å². The maximum absolute atomic E-state index is 11.7. The highest BCUT2D eigenvalue weighted by Gasteiger charge is 2.15. The molecule has 2 aromatic carbocycles. The number of nitrogens with zero attached hydrogens (tertiary/aromatic N) is 2. The summed E-state index contributed by atoms with van der Waals surface area (Å²) in [6.07, 6.45) is 0. The van der Waals surface area contributed by atoms with Gasteiger partial charge in [-0.15, -0.1) is 11.3 Å². The van der Waals surface area contributed by atoms with Gasteiger partial charge in [0.1, 0.15) is 4.90 Å². The van der Waals surface area contributed by atoms with Gasteiger partial charge in [0.05, 0.1) is 21.4 Å². The molecule has 0 atom stereocenters. The first-order valence-electron chi connectivity index (χ1n) is 7.04. The van der Waals surface area contributed by atoms with Crippen LogP contribution in [0.2, 0.25) is 10.0 Å². The predicted molar refractivity (Wildman–Crippen MR) is 102 cm³/mol. The Bertz CT molecular complexity index is 1120. The predicted octanol–water partition coefficient (Wildman–Crippen LogP) is 3.94. The maximum atomic E-state index is 11.7. The Morgan fingerprint density at radius 2 is 1.84 bits per heavy atom. The van der Waals surface area contributed by atoms with Crippen LogP contribution in [-0.4, -0.2) is 13.0 Å². The normalized spacial score (nSPS) is 12.6. The first-order valence-corrected chi connectivity index (χ1v) is 10.2. The van der Waals surface area contributed by atoms with Gasteiger partial charge in [0.2, 0.25) is 10.0 Å². The molecule has 25 heavy (non-hydrogen) atoms. The molecule has 0 aliphatic heterocycles. The van der Waals surface area contributed by atoms with Crippen molar-refractivity contribution in [2.24, 2.45) is 17.2 Å². The second-order valence-corrected chi connectivity index (χ2v) is 8.40. The Labute approximate surface area is 159 Å². The number of benzene rings is 2. The average Bonchev–Trinajstić information content (AvgIpc) is 2.90. The number of nitrogens with two attached hydrogens (primary N) is 1. The van der Waals surface area contributed by atoms with E-state index < -0.39 is 10.0 Å². The van der Waals surface area contributed by atoms with Crippen LogP contribution < -0.4 is 9.94 Å². The first kappa shape index (κ1) is 18.2. The highest BCUT2D eigenvalue weighted by Crippen LogP contribution is 2.28. The minimum Gasteiger partial charge on any atom is -0.320 e. The molecular formula is C16H13Cl2N3O2S2. The van der Waals surface area contributed by atoms with E-state index in [0.29, 0.717) is 16.3 Å². The Kier molecular flexibility index (Phi) is 5.04. The molecule has 0 saturated heterocycles. The van der Waals surface area contributed by atoms with E-state index in [1.807, 2.05) is 35.2 Å². The van der Waals surface area contributed by atoms with Crippen molar-refractivity contribution in [3.8, 4) is 11.3 Å². The number of rotatable bonds is 3. The molecule has 1 aromatic heterocycles. The number of thiazole rings is 1. The van der Waals surface area contributed by atoms with Crippen LogP contribution >= 0.6 is 34.5 Å². The second-order valence-electron chi connectivity index (χ2n) is 5.22. The zero-order valence-corrected chi connectivity index (χ0v) is 16.1. The molecule has 0 spiro atoms. The molecule has 1 heterocycles. The Hall–Kier alpha value is -1.64. The highest BCUT2D eigenvalue weighted by atomic mass is 35.5. The van der Waals surface area contributed by atoms with Crippen molar-refractivity contribution < 1.29 is 8.42 Å². The monoisotopic (exact) mass is 413 g/mol. The van der Waals surface area contributed by atoms with Gasteiger partial charge in [0, 0.05) is 18.0 Å². The van der Waals surface area contributed by atoms with Crippen LogP contribution in [0.15, 0.2) is 57.7 Å². The number of hydrogen-bond donors (Lipinski definition) is 1. The molecule has 0 saturated carbocycles. The molecule has 0 fully saturated rings. The molecule has 0 radical (unpaired) electrons. The SMILES string of the molecule is Cn1c(-c2ccc(Cl)c(S(N)(=O)=O)c2)csc1=Nc1ccccc1Cl. The topological polar surface area (TPSA) is 77.5 Å². The van der Waals surface area contributed by atoms with Crippen molar-refractivity contribution in [3.63, 3.8) is 0 Å². The molecule has 0 bridgehead atoms. The minimum atomic E-state index is -3.90. The molecular weight excluding hydrogens is 401 g/mol. The smallest absolute Gasteiger partial charge is 0.239 e. The van der Waals surface area contributed by atoms with Gasteiger partial charge in [-0.3, -0.25) is 0 Å². The molecule has 5 nitrogen and oxygen atoms in total. The van der Waals surface area contributed by atoms with Gasteiger partial charge in [0.15, 0.2) is 4.80 Å². The molecule has 0 amide bonds. The van der Waals surface area contributed by atoms with Crippen LogP contribution in [0.4, 0.5) is 5.69 Å². The molecule has 0 unspecified atom stereocenters. The Balaban J connectivity index is 2.13. The fourth-order valence-electron chi connectivity index (χ4n) is 2.26. The molecule has 0 aliphatic rings. The first-order chi connectivity index (χ1) is 11.8. The van der Waals surface area contributed by atoms with Crippen molar-refractivity contribution in [1.82, 2.24) is 4.57 Å². The van der Waals surface area contributed by atoms with Gasteiger partial charge in [-0.05, 0) is 24.3 Å². The summed E-state index contributed by atoms with van der Waals surface area (Å²) in [6.45, 7) is 0. The summed E-state index contributed by atoms with van der Waals surface area (Å²) in [5.74, 6) is 0. The summed E-state index contributed by atoms with van der Waals surface area (Å²) in [4.78, 5) is 5.16. The van der Waals surface area contributed by atoms with E-state index in [-0.39, 0.29) is 9.92 Å². The van der Waals surface area contributed by atoms with Crippen molar-refractivity contribution in [1.29, 1.82) is 0 Å². The van der Waals surface area contributed by atoms with E-state index in [0.717, 1.165) is 10.5 Å². The molecule has 3 rings (SSSR count). The van der Waals surface area contributed by atoms with Crippen LogP contribution in [0.25, 0.3) is 11.3 Å². The second kappa shape index (κ2) is 6.93. The number of halogens is 2. The van der Waals surface area contributed by atoms with E-state index in [2.05, 4.69) is 4.99 Å². The summed E-state index contributed by atoms with van der Waals surface area (Å²) in [7, 11) is -2.06. The summed E-state index contributed by atoms with van der Waals surface area (Å²) >= 11 is 13.5.